The maximum absolute atomic E-state index is 13.7. The van der Waals surface area contributed by atoms with Crippen LogP contribution in [0.3, 0.4) is 0 Å². The number of nitrogens with one attached hydrogen (secondary N) is 1. The molecule has 10 nitrogen and oxygen atoms in total. The lowest BCUT2D eigenvalue weighted by atomic mass is 10.1. The number of thiophene rings is 1. The van der Waals surface area contributed by atoms with E-state index in [2.05, 4.69) is 32.5 Å². The summed E-state index contributed by atoms with van der Waals surface area (Å²) < 4.78 is 6.70. The lowest BCUT2D eigenvalue weighted by molar-refractivity contribution is 0.0600. The molecule has 1 aromatic carbocycles. The number of unbranched alkanes of at least 4 members (excludes halogenated alkanes) is 1. The number of anilines is 1. The van der Waals surface area contributed by atoms with E-state index in [1.54, 1.807) is 29.7 Å². The van der Waals surface area contributed by atoms with Gasteiger partial charge in [-0.05, 0) is 40.8 Å². The van der Waals surface area contributed by atoms with Crippen LogP contribution in [-0.2, 0) is 24.2 Å². The Morgan fingerprint density at radius 1 is 1.21 bits per heavy atom. The van der Waals surface area contributed by atoms with Crippen LogP contribution in [0.1, 0.15) is 56.9 Å². The molecule has 0 spiro atoms. The maximum atomic E-state index is 13.7. The Balaban J connectivity index is 1.67. The first-order valence-corrected chi connectivity index (χ1v) is 11.8. The second kappa shape index (κ2) is 10.8. The van der Waals surface area contributed by atoms with E-state index in [0.717, 1.165) is 35.5 Å². The number of aromatic nitrogens is 6. The largest absolute Gasteiger partial charge is 0.465 e. The fraction of sp³-hybridized carbons (Fsp3) is 0.304. The molecule has 3 heterocycles. The molecule has 0 aliphatic rings. The minimum Gasteiger partial charge on any atom is -0.465 e. The number of aryl methyl sites for hydroxylation is 1. The van der Waals surface area contributed by atoms with Crippen molar-refractivity contribution in [1.82, 2.24) is 30.2 Å². The van der Waals surface area contributed by atoms with E-state index in [1.165, 1.54) is 12.0 Å². The number of esters is 1. The number of rotatable bonds is 10. The number of benzene rings is 1. The van der Waals surface area contributed by atoms with Crippen LogP contribution < -0.4 is 4.90 Å². The number of amides is 1. The van der Waals surface area contributed by atoms with Crippen molar-refractivity contribution in [1.29, 1.82) is 0 Å². The van der Waals surface area contributed by atoms with Gasteiger partial charge in [0, 0.05) is 17.8 Å². The van der Waals surface area contributed by atoms with Gasteiger partial charge in [-0.2, -0.15) is 5.21 Å². The quantitative estimate of drug-likeness (QED) is 0.346. The molecule has 0 saturated heterocycles. The Morgan fingerprint density at radius 3 is 2.68 bits per heavy atom. The summed E-state index contributed by atoms with van der Waals surface area (Å²) in [6, 6.07) is 11.0. The van der Waals surface area contributed by atoms with Crippen LogP contribution in [0, 0.1) is 0 Å². The second-order valence-electron chi connectivity index (χ2n) is 7.62. The minimum absolute atomic E-state index is 0.198. The number of imidazole rings is 1. The molecule has 176 valence electrons. The number of H-pyrrole nitrogens is 1. The van der Waals surface area contributed by atoms with Crippen molar-refractivity contribution < 1.29 is 14.3 Å². The highest BCUT2D eigenvalue weighted by Gasteiger charge is 2.26. The zero-order valence-electron chi connectivity index (χ0n) is 19.0. The summed E-state index contributed by atoms with van der Waals surface area (Å²) in [5.74, 6) is 0.365. The Morgan fingerprint density at radius 2 is 2.03 bits per heavy atom. The second-order valence-corrected chi connectivity index (χ2v) is 8.65. The standard InChI is InChI=1S/C23H25N7O3S/c1-3-4-7-20-24-13-19(29(20)14-16-8-10-17(11-9-16)22(32)33-2)21(31)30(23-25-27-28-26-23)15-18-6-5-12-34-18/h5-6,8-13H,3-4,7,14-15H2,1-2H3,(H,25,26,27,28). The number of carbonyl (C=O) groups excluding carboxylic acids is 2. The molecule has 0 fully saturated rings. The fourth-order valence-corrected chi connectivity index (χ4v) is 4.24. The number of hydrogen-bond acceptors (Lipinski definition) is 8. The molecule has 4 aromatic rings. The van der Waals surface area contributed by atoms with Crippen molar-refractivity contribution in [2.75, 3.05) is 12.0 Å². The highest BCUT2D eigenvalue weighted by atomic mass is 32.1. The molecule has 0 atom stereocenters. The Kier molecular flexibility index (Phi) is 7.43. The van der Waals surface area contributed by atoms with Gasteiger partial charge < -0.3 is 9.30 Å². The molecular weight excluding hydrogens is 454 g/mol. The summed E-state index contributed by atoms with van der Waals surface area (Å²) in [7, 11) is 1.35. The van der Waals surface area contributed by atoms with Gasteiger partial charge in [-0.3, -0.25) is 9.69 Å². The highest BCUT2D eigenvalue weighted by molar-refractivity contribution is 7.09. The van der Waals surface area contributed by atoms with Crippen LogP contribution in [0.25, 0.3) is 0 Å². The van der Waals surface area contributed by atoms with E-state index in [0.29, 0.717) is 24.3 Å². The first-order chi connectivity index (χ1) is 16.6. The minimum atomic E-state index is -0.391. The molecule has 0 bridgehead atoms. The van der Waals surface area contributed by atoms with Gasteiger partial charge in [0.15, 0.2) is 0 Å². The van der Waals surface area contributed by atoms with Crippen LogP contribution in [0.5, 0.6) is 0 Å². The molecule has 1 amide bonds. The van der Waals surface area contributed by atoms with Gasteiger partial charge in [-0.25, -0.2) is 9.78 Å². The molecule has 1 N–H and O–H groups in total. The van der Waals surface area contributed by atoms with E-state index >= 15 is 0 Å². The maximum Gasteiger partial charge on any atom is 0.337 e. The normalized spacial score (nSPS) is 10.9. The molecule has 4 rings (SSSR count). The predicted octanol–water partition coefficient (Wildman–Crippen LogP) is 3.48. The molecule has 11 heteroatoms. The molecule has 0 aliphatic heterocycles. The van der Waals surface area contributed by atoms with Gasteiger partial charge in [0.1, 0.15) is 11.5 Å². The van der Waals surface area contributed by atoms with E-state index in [4.69, 9.17) is 4.74 Å². The average molecular weight is 480 g/mol. The van der Waals surface area contributed by atoms with Gasteiger partial charge >= 0.3 is 5.97 Å². The number of carbonyl (C=O) groups is 2. The third kappa shape index (κ3) is 5.20. The lowest BCUT2D eigenvalue weighted by Gasteiger charge is -2.19. The third-order valence-corrected chi connectivity index (χ3v) is 6.20. The third-order valence-electron chi connectivity index (χ3n) is 5.34. The summed E-state index contributed by atoms with van der Waals surface area (Å²) in [5, 5.41) is 16.1. The van der Waals surface area contributed by atoms with Crippen molar-refractivity contribution in [2.24, 2.45) is 0 Å². The highest BCUT2D eigenvalue weighted by Crippen LogP contribution is 2.21. The van der Waals surface area contributed by atoms with Crippen molar-refractivity contribution in [2.45, 2.75) is 39.3 Å². The summed E-state index contributed by atoms with van der Waals surface area (Å²) in [6.07, 6.45) is 4.32. The van der Waals surface area contributed by atoms with Crippen molar-refractivity contribution in [3.8, 4) is 0 Å². The van der Waals surface area contributed by atoms with Crippen LogP contribution in [0.15, 0.2) is 48.0 Å². The average Bonchev–Trinajstić information content (AvgIpc) is 3.64. The Bertz CT molecular complexity index is 1220. The van der Waals surface area contributed by atoms with Crippen LogP contribution in [0.4, 0.5) is 5.95 Å². The molecule has 0 unspecified atom stereocenters. The number of tetrazole rings is 1. The Labute approximate surface area is 200 Å². The predicted molar refractivity (Wildman–Crippen MR) is 127 cm³/mol. The summed E-state index contributed by atoms with van der Waals surface area (Å²) in [5.41, 5.74) is 1.84. The van der Waals surface area contributed by atoms with Crippen LogP contribution in [-0.4, -0.2) is 49.2 Å². The van der Waals surface area contributed by atoms with Gasteiger partial charge in [0.25, 0.3) is 11.9 Å². The zero-order chi connectivity index (χ0) is 23.9. The molecular formula is C23H25N7O3S. The monoisotopic (exact) mass is 479 g/mol. The van der Waals surface area contributed by atoms with Gasteiger partial charge in [0.05, 0.1) is 25.4 Å². The molecule has 34 heavy (non-hydrogen) atoms. The number of hydrogen-bond donors (Lipinski definition) is 1. The van der Waals surface area contributed by atoms with Crippen molar-refractivity contribution in [3.63, 3.8) is 0 Å². The zero-order valence-corrected chi connectivity index (χ0v) is 19.8. The van der Waals surface area contributed by atoms with E-state index in [-0.39, 0.29) is 11.9 Å². The van der Waals surface area contributed by atoms with E-state index in [9.17, 15) is 9.59 Å². The van der Waals surface area contributed by atoms with Crippen molar-refractivity contribution in [3.05, 3.63) is 75.5 Å². The number of nitrogens with zero attached hydrogens (tertiary/aromatic N) is 6. The van der Waals surface area contributed by atoms with Gasteiger partial charge in [-0.1, -0.05) is 36.6 Å². The first kappa shape index (κ1) is 23.3. The van der Waals surface area contributed by atoms with E-state index in [1.807, 2.05) is 34.2 Å². The molecule has 0 saturated carbocycles. The van der Waals surface area contributed by atoms with Crippen molar-refractivity contribution >= 4 is 29.2 Å². The first-order valence-electron chi connectivity index (χ1n) is 10.9. The van der Waals surface area contributed by atoms with Gasteiger partial charge in [-0.15, -0.1) is 16.4 Å². The number of methoxy groups -OCH3 is 1. The molecule has 3 aromatic heterocycles. The van der Waals surface area contributed by atoms with Gasteiger partial charge in [0.2, 0.25) is 0 Å². The summed E-state index contributed by atoms with van der Waals surface area (Å²) in [6.45, 7) is 2.86. The summed E-state index contributed by atoms with van der Waals surface area (Å²) in [4.78, 5) is 32.6. The topological polar surface area (TPSA) is 119 Å². The lowest BCUT2D eigenvalue weighted by Crippen LogP contribution is -2.33. The fourth-order valence-electron chi connectivity index (χ4n) is 3.54. The number of ether oxygens (including phenoxy) is 1. The summed E-state index contributed by atoms with van der Waals surface area (Å²) >= 11 is 1.55. The molecule has 0 aliphatic carbocycles. The Hall–Kier alpha value is -3.86. The molecule has 0 radical (unpaired) electrons. The number of aromatic amines is 1. The SMILES string of the molecule is CCCCc1ncc(C(=O)N(Cc2cccs2)c2nn[nH]n2)n1Cc1ccc(C(=O)OC)cc1. The smallest absolute Gasteiger partial charge is 0.337 e. The van der Waals surface area contributed by atoms with E-state index < -0.39 is 5.97 Å². The van der Waals surface area contributed by atoms with Crippen LogP contribution >= 0.6 is 11.3 Å². The van der Waals surface area contributed by atoms with Crippen LogP contribution in [0.2, 0.25) is 0 Å².